The quantitative estimate of drug-likeness (QED) is 0.709. The summed E-state index contributed by atoms with van der Waals surface area (Å²) >= 11 is 1.28. The number of rotatable bonds is 5. The molecule has 6 heteroatoms. The van der Waals surface area contributed by atoms with Gasteiger partial charge in [0, 0.05) is 19.5 Å². The maximum absolute atomic E-state index is 12.1. The van der Waals surface area contributed by atoms with Crippen molar-refractivity contribution in [3.05, 3.63) is 10.4 Å². The third-order valence-corrected chi connectivity index (χ3v) is 4.09. The van der Waals surface area contributed by atoms with E-state index in [0.717, 1.165) is 12.8 Å². The second-order valence-corrected chi connectivity index (χ2v) is 5.32. The molecular weight excluding hydrogens is 250 g/mol. The van der Waals surface area contributed by atoms with E-state index in [9.17, 15) is 9.59 Å². The summed E-state index contributed by atoms with van der Waals surface area (Å²) in [5, 5.41) is 6.33. The molecule has 1 aromatic rings. The van der Waals surface area contributed by atoms with Gasteiger partial charge in [0.15, 0.2) is 5.78 Å². The number of carbonyl (C=O) groups excluding carboxylic acids is 2. The Morgan fingerprint density at radius 3 is 2.61 bits per heavy atom. The maximum Gasteiger partial charge on any atom is 0.256 e. The predicted molar refractivity (Wildman–Crippen MR) is 73.3 cm³/mol. The maximum atomic E-state index is 12.1. The third-order valence-electron chi connectivity index (χ3n) is 2.91. The minimum Gasteiger partial charge on any atom is -0.397 e. The Morgan fingerprint density at radius 2 is 2.11 bits per heavy atom. The third kappa shape index (κ3) is 2.20. The highest BCUT2D eigenvalue weighted by atomic mass is 32.1. The first-order valence-electron chi connectivity index (χ1n) is 6.02. The summed E-state index contributed by atoms with van der Waals surface area (Å²) in [6.07, 6.45) is 1.87. The fourth-order valence-electron chi connectivity index (χ4n) is 1.79. The molecule has 2 rings (SSSR count). The van der Waals surface area contributed by atoms with E-state index in [1.807, 2.05) is 6.92 Å². The lowest BCUT2D eigenvalue weighted by Gasteiger charge is -2.04. The summed E-state index contributed by atoms with van der Waals surface area (Å²) < 4.78 is 0. The molecule has 98 valence electrons. The number of carbonyl (C=O) groups is 2. The van der Waals surface area contributed by atoms with Gasteiger partial charge < -0.3 is 16.4 Å². The number of amides is 1. The Kier molecular flexibility index (Phi) is 3.56. The Morgan fingerprint density at radius 1 is 1.44 bits per heavy atom. The van der Waals surface area contributed by atoms with Crippen LogP contribution in [-0.2, 0) is 0 Å². The zero-order chi connectivity index (χ0) is 13.3. The summed E-state index contributed by atoms with van der Waals surface area (Å²) in [6.45, 7) is 2.62. The normalized spacial score (nSPS) is 14.3. The summed E-state index contributed by atoms with van der Waals surface area (Å²) in [6, 6.07) is 0. The van der Waals surface area contributed by atoms with Crippen molar-refractivity contribution in [2.45, 2.75) is 19.8 Å². The van der Waals surface area contributed by atoms with Crippen molar-refractivity contribution >= 4 is 33.7 Å². The molecule has 0 radical (unpaired) electrons. The molecule has 0 saturated heterocycles. The molecule has 1 aliphatic rings. The average Bonchev–Trinajstić information content (AvgIpc) is 3.14. The lowest BCUT2D eigenvalue weighted by atomic mass is 10.1. The average molecular weight is 267 g/mol. The van der Waals surface area contributed by atoms with Crippen molar-refractivity contribution in [3.8, 4) is 0 Å². The van der Waals surface area contributed by atoms with E-state index < -0.39 is 0 Å². The van der Waals surface area contributed by atoms with Gasteiger partial charge in [0.1, 0.15) is 5.00 Å². The first kappa shape index (κ1) is 12.9. The van der Waals surface area contributed by atoms with Crippen molar-refractivity contribution < 1.29 is 9.59 Å². The number of ketones is 1. The number of anilines is 2. The fraction of sp³-hybridized carbons (Fsp3) is 0.500. The number of nitrogens with two attached hydrogens (primary N) is 1. The van der Waals surface area contributed by atoms with Crippen LogP contribution in [0, 0.1) is 5.92 Å². The molecule has 1 amide bonds. The largest absolute Gasteiger partial charge is 0.397 e. The Labute approximate surface area is 110 Å². The number of Topliss-reactive ketones (excluding diaryl/α,β-unsaturated/α-hetero) is 1. The molecule has 1 saturated carbocycles. The number of nitrogens with one attached hydrogen (secondary N) is 2. The standard InChI is InChI=1S/C12H17N3O2S/c1-3-15-12-7(11(17)14-2)8(13)10(18-12)9(16)6-4-5-6/h6,15H,3-5,13H2,1-2H3,(H,14,17). The van der Waals surface area contributed by atoms with Crippen molar-refractivity contribution in [2.75, 3.05) is 24.6 Å². The summed E-state index contributed by atoms with van der Waals surface area (Å²) in [7, 11) is 1.55. The Balaban J connectivity index is 2.42. The number of nitrogen functional groups attached to an aromatic ring is 1. The van der Waals surface area contributed by atoms with Crippen molar-refractivity contribution in [2.24, 2.45) is 5.92 Å². The second-order valence-electron chi connectivity index (χ2n) is 4.30. The van der Waals surface area contributed by atoms with Crippen LogP contribution in [0.25, 0.3) is 0 Å². The smallest absolute Gasteiger partial charge is 0.256 e. The molecule has 1 heterocycles. The highest BCUT2D eigenvalue weighted by Crippen LogP contribution is 2.41. The van der Waals surface area contributed by atoms with Gasteiger partial charge in [-0.05, 0) is 19.8 Å². The molecule has 5 nitrogen and oxygen atoms in total. The van der Waals surface area contributed by atoms with Gasteiger partial charge in [-0.15, -0.1) is 11.3 Å². The molecule has 0 atom stereocenters. The van der Waals surface area contributed by atoms with E-state index in [4.69, 9.17) is 5.73 Å². The molecular formula is C12H17N3O2S. The molecule has 0 aliphatic heterocycles. The van der Waals surface area contributed by atoms with Crippen LogP contribution in [0.5, 0.6) is 0 Å². The van der Waals surface area contributed by atoms with Gasteiger partial charge in [-0.25, -0.2) is 0 Å². The van der Waals surface area contributed by atoms with Gasteiger partial charge in [-0.3, -0.25) is 9.59 Å². The van der Waals surface area contributed by atoms with E-state index in [1.54, 1.807) is 7.05 Å². The highest BCUT2D eigenvalue weighted by molar-refractivity contribution is 7.19. The minimum absolute atomic E-state index is 0.0757. The Hall–Kier alpha value is -1.56. The molecule has 4 N–H and O–H groups in total. The van der Waals surface area contributed by atoms with Crippen molar-refractivity contribution in [3.63, 3.8) is 0 Å². The van der Waals surface area contributed by atoms with Gasteiger partial charge in [-0.1, -0.05) is 0 Å². The zero-order valence-electron chi connectivity index (χ0n) is 10.5. The molecule has 1 aromatic heterocycles. The van der Waals surface area contributed by atoms with Crippen LogP contribution in [-0.4, -0.2) is 25.3 Å². The fourth-order valence-corrected chi connectivity index (χ4v) is 3.00. The van der Waals surface area contributed by atoms with E-state index in [0.29, 0.717) is 27.7 Å². The summed E-state index contributed by atoms with van der Waals surface area (Å²) in [5.41, 5.74) is 6.67. The van der Waals surface area contributed by atoms with Gasteiger partial charge in [0.05, 0.1) is 16.1 Å². The topological polar surface area (TPSA) is 84.2 Å². The van der Waals surface area contributed by atoms with Gasteiger partial charge >= 0.3 is 0 Å². The molecule has 1 fully saturated rings. The number of hydrogen-bond acceptors (Lipinski definition) is 5. The van der Waals surface area contributed by atoms with Crippen molar-refractivity contribution in [1.82, 2.24) is 5.32 Å². The van der Waals surface area contributed by atoms with Crippen LogP contribution >= 0.6 is 11.3 Å². The van der Waals surface area contributed by atoms with E-state index >= 15 is 0 Å². The first-order valence-corrected chi connectivity index (χ1v) is 6.84. The second kappa shape index (κ2) is 4.97. The van der Waals surface area contributed by atoms with Gasteiger partial charge in [0.25, 0.3) is 5.91 Å². The molecule has 18 heavy (non-hydrogen) atoms. The number of hydrogen-bond donors (Lipinski definition) is 3. The zero-order valence-corrected chi connectivity index (χ0v) is 11.3. The Bertz CT molecular complexity index is 492. The lowest BCUT2D eigenvalue weighted by molar-refractivity contribution is 0.0964. The van der Waals surface area contributed by atoms with Crippen LogP contribution in [0.15, 0.2) is 0 Å². The minimum atomic E-state index is -0.255. The van der Waals surface area contributed by atoms with E-state index in [2.05, 4.69) is 10.6 Å². The van der Waals surface area contributed by atoms with Crippen LogP contribution in [0.4, 0.5) is 10.7 Å². The summed E-state index contributed by atoms with van der Waals surface area (Å²) in [4.78, 5) is 24.4. The molecule has 0 spiro atoms. The number of thiophene rings is 1. The van der Waals surface area contributed by atoms with Gasteiger partial charge in [0.2, 0.25) is 0 Å². The van der Waals surface area contributed by atoms with E-state index in [1.165, 1.54) is 11.3 Å². The van der Waals surface area contributed by atoms with Crippen LogP contribution in [0.3, 0.4) is 0 Å². The highest BCUT2D eigenvalue weighted by Gasteiger charge is 2.34. The summed E-state index contributed by atoms with van der Waals surface area (Å²) in [5.74, 6) is -0.0701. The SMILES string of the molecule is CCNc1sc(C(=O)C2CC2)c(N)c1C(=O)NC. The van der Waals surface area contributed by atoms with Crippen LogP contribution in [0.1, 0.15) is 39.8 Å². The predicted octanol–water partition coefficient (Wildman–Crippen LogP) is 1.71. The molecule has 0 aromatic carbocycles. The van der Waals surface area contributed by atoms with Crippen LogP contribution < -0.4 is 16.4 Å². The molecule has 1 aliphatic carbocycles. The van der Waals surface area contributed by atoms with Gasteiger partial charge in [-0.2, -0.15) is 0 Å². The van der Waals surface area contributed by atoms with Crippen molar-refractivity contribution in [1.29, 1.82) is 0 Å². The van der Waals surface area contributed by atoms with E-state index in [-0.39, 0.29) is 17.6 Å². The molecule has 0 bridgehead atoms. The monoisotopic (exact) mass is 267 g/mol. The molecule has 0 unspecified atom stereocenters. The van der Waals surface area contributed by atoms with Crippen LogP contribution in [0.2, 0.25) is 0 Å². The lowest BCUT2D eigenvalue weighted by Crippen LogP contribution is -2.20. The first-order chi connectivity index (χ1) is 8.60.